The molecule has 1 aromatic heterocycles. The highest BCUT2D eigenvalue weighted by molar-refractivity contribution is 7.90. The largest absolute Gasteiger partial charge is 0.281 e. The smallest absolute Gasteiger partial charge is 0.271 e. The van der Waals surface area contributed by atoms with Crippen molar-refractivity contribution in [3.63, 3.8) is 0 Å². The average molecular weight is 469 g/mol. The lowest BCUT2D eigenvalue weighted by atomic mass is 9.95. The Labute approximate surface area is 189 Å². The van der Waals surface area contributed by atoms with Gasteiger partial charge in [0.15, 0.2) is 9.84 Å². The minimum Gasteiger partial charge on any atom is -0.271 e. The summed E-state index contributed by atoms with van der Waals surface area (Å²) < 4.78 is 25.3. The predicted molar refractivity (Wildman–Crippen MR) is 118 cm³/mol. The minimum atomic E-state index is -3.66. The first-order chi connectivity index (χ1) is 15.3. The van der Waals surface area contributed by atoms with Crippen molar-refractivity contribution in [2.75, 3.05) is 0 Å². The molecule has 2 heterocycles. The Morgan fingerprint density at radius 3 is 2.28 bits per heavy atom. The van der Waals surface area contributed by atoms with Gasteiger partial charge in [0.25, 0.3) is 11.8 Å². The topological polar surface area (TPSA) is 110 Å². The van der Waals surface area contributed by atoms with E-state index in [1.54, 1.807) is 37.3 Å². The second kappa shape index (κ2) is 8.60. The van der Waals surface area contributed by atoms with Crippen molar-refractivity contribution >= 4 is 39.0 Å². The van der Waals surface area contributed by atoms with Crippen LogP contribution in [-0.4, -0.2) is 40.9 Å². The lowest BCUT2D eigenvalue weighted by Gasteiger charge is -2.14. The molecular formula is C22H17ClN4O4S. The van der Waals surface area contributed by atoms with Crippen LogP contribution in [0.2, 0.25) is 5.02 Å². The number of benzene rings is 2. The Hall–Kier alpha value is -3.43. The zero-order valence-corrected chi connectivity index (χ0v) is 18.4. The van der Waals surface area contributed by atoms with Crippen LogP contribution >= 0.6 is 11.6 Å². The minimum absolute atomic E-state index is 0.0860. The van der Waals surface area contributed by atoms with Crippen molar-refractivity contribution in [3.8, 4) is 0 Å². The number of aromatic nitrogens is 2. The number of carbonyl (C=O) groups excluding carboxylic acids is 2. The summed E-state index contributed by atoms with van der Waals surface area (Å²) in [6.07, 6.45) is 2.96. The number of nitrogens with zero attached hydrogens (tertiary/aromatic N) is 4. The number of amides is 2. The van der Waals surface area contributed by atoms with Gasteiger partial charge in [-0.25, -0.2) is 18.4 Å². The van der Waals surface area contributed by atoms with Gasteiger partial charge in [-0.3, -0.25) is 9.59 Å². The maximum absolute atomic E-state index is 13.0. The lowest BCUT2D eigenvalue weighted by molar-refractivity contribution is -0.127. The van der Waals surface area contributed by atoms with E-state index in [0.29, 0.717) is 16.3 Å². The Morgan fingerprint density at radius 2 is 1.66 bits per heavy atom. The highest BCUT2D eigenvalue weighted by Crippen LogP contribution is 2.29. The van der Waals surface area contributed by atoms with Crippen molar-refractivity contribution in [1.82, 2.24) is 15.0 Å². The summed E-state index contributed by atoms with van der Waals surface area (Å²) in [7, 11) is -3.66. The molecule has 2 aromatic carbocycles. The average Bonchev–Trinajstić information content (AvgIpc) is 3.08. The van der Waals surface area contributed by atoms with Crippen molar-refractivity contribution in [2.45, 2.75) is 23.5 Å². The summed E-state index contributed by atoms with van der Waals surface area (Å²) in [5, 5.41) is 5.44. The summed E-state index contributed by atoms with van der Waals surface area (Å²) >= 11 is 5.85. The molecule has 10 heteroatoms. The molecule has 2 amide bonds. The Kier molecular flexibility index (Phi) is 5.86. The number of hydrogen-bond donors (Lipinski definition) is 0. The standard InChI is InChI=1S/C22H17ClN4O4S/c1-14-20(22(29)27(26-14)21(28)16-3-7-17(23)8-4-16)15-5-9-18(10-6-15)32(30,31)13-19-24-11-2-12-25-19/h2-12,20H,13H2,1H3. The highest BCUT2D eigenvalue weighted by atomic mass is 35.5. The highest BCUT2D eigenvalue weighted by Gasteiger charge is 2.38. The third kappa shape index (κ3) is 4.30. The van der Waals surface area contributed by atoms with E-state index in [1.165, 1.54) is 36.7 Å². The summed E-state index contributed by atoms with van der Waals surface area (Å²) in [6.45, 7) is 1.65. The quantitative estimate of drug-likeness (QED) is 0.531. The summed E-state index contributed by atoms with van der Waals surface area (Å²) in [5.74, 6) is -1.98. The van der Waals surface area contributed by atoms with Gasteiger partial charge in [0, 0.05) is 23.0 Å². The van der Waals surface area contributed by atoms with Crippen LogP contribution in [0.5, 0.6) is 0 Å². The summed E-state index contributed by atoms with van der Waals surface area (Å²) in [4.78, 5) is 33.6. The molecule has 1 atom stereocenters. The molecule has 0 saturated heterocycles. The predicted octanol–water partition coefficient (Wildman–Crippen LogP) is 3.25. The molecule has 0 radical (unpaired) electrons. The van der Waals surface area contributed by atoms with Crippen LogP contribution in [0.3, 0.4) is 0 Å². The monoisotopic (exact) mass is 468 g/mol. The van der Waals surface area contributed by atoms with E-state index in [1.807, 2.05) is 0 Å². The van der Waals surface area contributed by atoms with Gasteiger partial charge in [-0.1, -0.05) is 23.7 Å². The molecule has 4 rings (SSSR count). The van der Waals surface area contributed by atoms with Crippen LogP contribution in [0.4, 0.5) is 0 Å². The van der Waals surface area contributed by atoms with Crippen LogP contribution in [0, 0.1) is 0 Å². The van der Waals surface area contributed by atoms with Crippen LogP contribution in [0.1, 0.15) is 34.6 Å². The zero-order chi connectivity index (χ0) is 22.9. The molecule has 162 valence electrons. The van der Waals surface area contributed by atoms with Gasteiger partial charge >= 0.3 is 0 Å². The van der Waals surface area contributed by atoms with Crippen LogP contribution < -0.4 is 0 Å². The van der Waals surface area contributed by atoms with Crippen LogP contribution in [0.15, 0.2) is 77.0 Å². The van der Waals surface area contributed by atoms with Gasteiger partial charge < -0.3 is 0 Å². The number of hydrazone groups is 1. The van der Waals surface area contributed by atoms with Crippen molar-refractivity contribution in [1.29, 1.82) is 0 Å². The van der Waals surface area contributed by atoms with Gasteiger partial charge in [-0.2, -0.15) is 10.1 Å². The van der Waals surface area contributed by atoms with Gasteiger partial charge in [-0.15, -0.1) is 0 Å². The molecule has 0 saturated carbocycles. The van der Waals surface area contributed by atoms with Crippen LogP contribution in [0.25, 0.3) is 0 Å². The first-order valence-electron chi connectivity index (χ1n) is 9.54. The number of carbonyl (C=O) groups is 2. The lowest BCUT2D eigenvalue weighted by Crippen LogP contribution is -2.31. The number of sulfone groups is 1. The first-order valence-corrected chi connectivity index (χ1v) is 11.6. The molecule has 3 aromatic rings. The molecule has 32 heavy (non-hydrogen) atoms. The van der Waals surface area contributed by atoms with Crippen molar-refractivity contribution < 1.29 is 18.0 Å². The molecular weight excluding hydrogens is 452 g/mol. The van der Waals surface area contributed by atoms with Gasteiger partial charge in [0.2, 0.25) is 0 Å². The number of imide groups is 1. The molecule has 0 spiro atoms. The van der Waals surface area contributed by atoms with E-state index in [4.69, 9.17) is 11.6 Å². The molecule has 0 N–H and O–H groups in total. The number of hydrogen-bond acceptors (Lipinski definition) is 7. The third-order valence-electron chi connectivity index (χ3n) is 4.93. The Bertz CT molecular complexity index is 1310. The molecule has 1 aliphatic heterocycles. The van der Waals surface area contributed by atoms with Gasteiger partial charge in [-0.05, 0) is 55.0 Å². The van der Waals surface area contributed by atoms with Crippen molar-refractivity contribution in [2.24, 2.45) is 5.10 Å². The first kappa shape index (κ1) is 21.8. The Morgan fingerprint density at radius 1 is 1.03 bits per heavy atom. The van der Waals surface area contributed by atoms with Crippen molar-refractivity contribution in [3.05, 3.63) is 89.0 Å². The SMILES string of the molecule is CC1=NN(C(=O)c2ccc(Cl)cc2)C(=O)C1c1ccc(S(=O)(=O)Cc2ncccn2)cc1. The molecule has 8 nitrogen and oxygen atoms in total. The van der Waals surface area contributed by atoms with E-state index >= 15 is 0 Å². The van der Waals surface area contributed by atoms with Gasteiger partial charge in [0.05, 0.1) is 10.6 Å². The maximum atomic E-state index is 13.0. The third-order valence-corrected chi connectivity index (χ3v) is 6.81. The molecule has 0 fully saturated rings. The second-order valence-corrected chi connectivity index (χ2v) is 9.56. The summed E-state index contributed by atoms with van der Waals surface area (Å²) in [5.41, 5.74) is 1.26. The fraction of sp³-hybridized carbons (Fsp3) is 0.136. The molecule has 1 aliphatic rings. The molecule has 0 bridgehead atoms. The molecule has 0 aliphatic carbocycles. The second-order valence-electron chi connectivity index (χ2n) is 7.13. The molecule has 1 unspecified atom stereocenters. The Balaban J connectivity index is 1.54. The van der Waals surface area contributed by atoms with E-state index in [-0.39, 0.29) is 22.0 Å². The zero-order valence-electron chi connectivity index (χ0n) is 16.8. The summed E-state index contributed by atoms with van der Waals surface area (Å²) in [6, 6.07) is 13.7. The van der Waals surface area contributed by atoms with E-state index in [2.05, 4.69) is 15.1 Å². The maximum Gasteiger partial charge on any atom is 0.281 e. The normalized spacial score (nSPS) is 16.2. The van der Waals surface area contributed by atoms with Gasteiger partial charge in [0.1, 0.15) is 17.5 Å². The van der Waals surface area contributed by atoms with E-state index < -0.39 is 27.6 Å². The number of rotatable bonds is 5. The van der Waals surface area contributed by atoms with E-state index in [0.717, 1.165) is 5.01 Å². The number of halogens is 1. The fourth-order valence-corrected chi connectivity index (χ4v) is 4.67. The van der Waals surface area contributed by atoms with E-state index in [9.17, 15) is 18.0 Å². The van der Waals surface area contributed by atoms with Crippen LogP contribution in [-0.2, 0) is 20.4 Å². The fourth-order valence-electron chi connectivity index (χ4n) is 3.34.